The summed E-state index contributed by atoms with van der Waals surface area (Å²) in [4.78, 5) is 11.5. The zero-order valence-corrected chi connectivity index (χ0v) is 21.2. The summed E-state index contributed by atoms with van der Waals surface area (Å²) in [7, 11) is 0. The molecule has 1 fully saturated rings. The lowest BCUT2D eigenvalue weighted by molar-refractivity contribution is -0.126. The smallest absolute Gasteiger partial charge is 0.364 e. The maximum atomic E-state index is 12.8. The van der Waals surface area contributed by atoms with Gasteiger partial charge in [0, 0.05) is 47.2 Å². The van der Waals surface area contributed by atoms with Gasteiger partial charge in [-0.25, -0.2) is 9.97 Å². The van der Waals surface area contributed by atoms with Gasteiger partial charge in [0.25, 0.3) is 0 Å². The predicted octanol–water partition coefficient (Wildman–Crippen LogP) is 5.00. The minimum atomic E-state index is -4.25. The highest BCUT2D eigenvalue weighted by Gasteiger charge is 2.30. The Bertz CT molecular complexity index is 1660. The van der Waals surface area contributed by atoms with E-state index in [4.69, 9.17) is 0 Å². The molecule has 1 aliphatic heterocycles. The van der Waals surface area contributed by atoms with E-state index in [9.17, 15) is 18.4 Å². The number of nitriles is 1. The average Bonchev–Trinajstić information content (AvgIpc) is 3.57. The molecule has 5 heterocycles. The van der Waals surface area contributed by atoms with E-state index in [0.717, 1.165) is 53.0 Å². The normalized spacial score (nSPS) is 14.7. The van der Waals surface area contributed by atoms with Gasteiger partial charge < -0.3 is 9.88 Å². The Morgan fingerprint density at radius 2 is 2.03 bits per heavy atom. The minimum absolute atomic E-state index is 0.143. The Balaban J connectivity index is 1.14. The number of rotatable bonds is 7. The lowest BCUT2D eigenvalue weighted by Gasteiger charge is -2.40. The van der Waals surface area contributed by atoms with Crippen molar-refractivity contribution in [3.8, 4) is 6.07 Å². The number of aromatic nitrogens is 5. The number of aromatic amines is 1. The fraction of sp³-hybridized carbons (Fsp3) is 0.308. The van der Waals surface area contributed by atoms with Crippen molar-refractivity contribution in [1.82, 2.24) is 29.6 Å². The van der Waals surface area contributed by atoms with E-state index in [-0.39, 0.29) is 10.9 Å². The highest BCUT2D eigenvalue weighted by atomic mass is 32.1. The quantitative estimate of drug-likeness (QED) is 0.304. The topological polar surface area (TPSA) is 98.5 Å². The average molecular weight is 537 g/mol. The van der Waals surface area contributed by atoms with Gasteiger partial charge >= 0.3 is 6.18 Å². The van der Waals surface area contributed by atoms with E-state index >= 15 is 0 Å². The fourth-order valence-electron chi connectivity index (χ4n) is 5.03. The number of alkyl halides is 3. The molecule has 194 valence electrons. The van der Waals surface area contributed by atoms with E-state index in [1.807, 2.05) is 16.8 Å². The standard InChI is InChI=1S/C26H23F3N8S/c1-15-17(2-3-23-21(15)4-19(7-30)37(23)10-16-8-33-34-9-16)11-36-12-18(13-36)35-24-22-5-20(6-26(27,28)29)38-25(22)32-14-31-24/h2-5,8-9,14,18H,6,10-13H2,1H3,(H,33,34)(H,31,32,35). The highest BCUT2D eigenvalue weighted by Crippen LogP contribution is 2.33. The number of aryl methyl sites for hydroxylation is 1. The first-order valence-corrected chi connectivity index (χ1v) is 12.9. The number of H-pyrrole nitrogens is 1. The van der Waals surface area contributed by atoms with Gasteiger partial charge in [-0.3, -0.25) is 10.00 Å². The molecule has 0 radical (unpaired) electrons. The minimum Gasteiger partial charge on any atom is -0.364 e. The largest absolute Gasteiger partial charge is 0.393 e. The Labute approximate surface area is 219 Å². The lowest BCUT2D eigenvalue weighted by Crippen LogP contribution is -2.54. The molecule has 0 unspecified atom stereocenters. The van der Waals surface area contributed by atoms with Gasteiger partial charge in [0.15, 0.2) is 0 Å². The third-order valence-corrected chi connectivity index (χ3v) is 7.97. The molecule has 4 aromatic heterocycles. The van der Waals surface area contributed by atoms with E-state index in [0.29, 0.717) is 28.3 Å². The Morgan fingerprint density at radius 3 is 2.76 bits per heavy atom. The van der Waals surface area contributed by atoms with Gasteiger partial charge in [0.1, 0.15) is 28.7 Å². The molecule has 6 rings (SSSR count). The van der Waals surface area contributed by atoms with Crippen molar-refractivity contribution in [1.29, 1.82) is 5.26 Å². The second-order valence-electron chi connectivity index (χ2n) is 9.60. The number of anilines is 1. The molecule has 1 aromatic carbocycles. The number of likely N-dealkylation sites (tertiary alicyclic amines) is 1. The summed E-state index contributed by atoms with van der Waals surface area (Å²) in [5, 5.41) is 21.6. The maximum Gasteiger partial charge on any atom is 0.393 e. The van der Waals surface area contributed by atoms with Crippen molar-refractivity contribution >= 4 is 38.3 Å². The van der Waals surface area contributed by atoms with Crippen LogP contribution in [0.1, 0.15) is 27.3 Å². The van der Waals surface area contributed by atoms with Crippen LogP contribution in [0.2, 0.25) is 0 Å². The van der Waals surface area contributed by atoms with Gasteiger partial charge in [0.05, 0.1) is 30.6 Å². The molecule has 0 saturated carbocycles. The van der Waals surface area contributed by atoms with Crippen molar-refractivity contribution in [3.05, 3.63) is 70.2 Å². The molecule has 1 aliphatic rings. The van der Waals surface area contributed by atoms with Crippen LogP contribution < -0.4 is 5.32 Å². The van der Waals surface area contributed by atoms with Crippen LogP contribution in [0, 0.1) is 18.3 Å². The van der Waals surface area contributed by atoms with Crippen LogP contribution in [0.3, 0.4) is 0 Å². The first-order chi connectivity index (χ1) is 18.3. The SMILES string of the molecule is Cc1c(CN2CC(Nc3ncnc4sc(CC(F)(F)F)cc34)C2)ccc2c1cc(C#N)n2Cc1cn[nH]c1. The van der Waals surface area contributed by atoms with Crippen molar-refractivity contribution < 1.29 is 13.2 Å². The van der Waals surface area contributed by atoms with Crippen LogP contribution in [0.4, 0.5) is 19.0 Å². The molecule has 0 atom stereocenters. The van der Waals surface area contributed by atoms with Gasteiger partial charge in [-0.05, 0) is 36.2 Å². The Hall–Kier alpha value is -3.95. The molecule has 0 bridgehead atoms. The van der Waals surface area contributed by atoms with E-state index in [1.54, 1.807) is 12.3 Å². The summed E-state index contributed by atoms with van der Waals surface area (Å²) in [5.74, 6) is 0.574. The third kappa shape index (κ3) is 4.70. The molecule has 38 heavy (non-hydrogen) atoms. The number of fused-ring (bicyclic) bond motifs is 2. The van der Waals surface area contributed by atoms with E-state index in [1.165, 1.54) is 11.9 Å². The second kappa shape index (κ2) is 9.41. The Morgan fingerprint density at radius 1 is 1.18 bits per heavy atom. The van der Waals surface area contributed by atoms with Crippen molar-refractivity contribution in [2.75, 3.05) is 18.4 Å². The van der Waals surface area contributed by atoms with Crippen LogP contribution in [0.15, 0.2) is 43.0 Å². The first kappa shape index (κ1) is 24.4. The zero-order valence-electron chi connectivity index (χ0n) is 20.4. The van der Waals surface area contributed by atoms with Crippen LogP contribution in [0.25, 0.3) is 21.1 Å². The first-order valence-electron chi connectivity index (χ1n) is 12.1. The number of benzene rings is 1. The molecule has 1 saturated heterocycles. The molecular weight excluding hydrogens is 513 g/mol. The fourth-order valence-corrected chi connectivity index (χ4v) is 6.06. The molecule has 5 aromatic rings. The summed E-state index contributed by atoms with van der Waals surface area (Å²) < 4.78 is 40.5. The maximum absolute atomic E-state index is 12.8. The monoisotopic (exact) mass is 536 g/mol. The van der Waals surface area contributed by atoms with Crippen molar-refractivity contribution in [2.45, 2.75) is 38.7 Å². The number of nitrogens with zero attached hydrogens (tertiary/aromatic N) is 6. The van der Waals surface area contributed by atoms with Crippen LogP contribution in [-0.2, 0) is 19.5 Å². The molecule has 12 heteroatoms. The summed E-state index contributed by atoms with van der Waals surface area (Å²) in [5.41, 5.74) is 4.97. The molecule has 0 aliphatic carbocycles. The van der Waals surface area contributed by atoms with Gasteiger partial charge in [0.2, 0.25) is 0 Å². The number of hydrogen-bond acceptors (Lipinski definition) is 7. The summed E-state index contributed by atoms with van der Waals surface area (Å²) in [6.07, 6.45) is -0.238. The number of nitrogens with one attached hydrogen (secondary N) is 2. The molecule has 2 N–H and O–H groups in total. The molecular formula is C26H23F3N8S. The molecule has 0 spiro atoms. The van der Waals surface area contributed by atoms with E-state index < -0.39 is 12.6 Å². The van der Waals surface area contributed by atoms with Crippen LogP contribution in [-0.4, -0.2) is 54.9 Å². The lowest BCUT2D eigenvalue weighted by atomic mass is 10.0. The predicted molar refractivity (Wildman–Crippen MR) is 139 cm³/mol. The summed E-state index contributed by atoms with van der Waals surface area (Å²) in [6.45, 7) is 4.99. The number of thiophene rings is 1. The van der Waals surface area contributed by atoms with E-state index in [2.05, 4.69) is 55.5 Å². The highest BCUT2D eigenvalue weighted by molar-refractivity contribution is 7.18. The van der Waals surface area contributed by atoms with Crippen LogP contribution in [0.5, 0.6) is 0 Å². The molecule has 0 amide bonds. The third-order valence-electron chi connectivity index (χ3n) is 6.92. The molecule has 8 nitrogen and oxygen atoms in total. The number of hydrogen-bond donors (Lipinski definition) is 2. The van der Waals surface area contributed by atoms with Crippen LogP contribution >= 0.6 is 11.3 Å². The number of halogens is 3. The summed E-state index contributed by atoms with van der Waals surface area (Å²) >= 11 is 1.05. The van der Waals surface area contributed by atoms with Gasteiger partial charge in [-0.1, -0.05) is 6.07 Å². The summed E-state index contributed by atoms with van der Waals surface area (Å²) in [6, 6.07) is 10.1. The van der Waals surface area contributed by atoms with Crippen molar-refractivity contribution in [3.63, 3.8) is 0 Å². The second-order valence-corrected chi connectivity index (χ2v) is 10.7. The van der Waals surface area contributed by atoms with Crippen molar-refractivity contribution in [2.24, 2.45) is 0 Å². The zero-order chi connectivity index (χ0) is 26.4. The Kier molecular flexibility index (Phi) is 6.04. The van der Waals surface area contributed by atoms with Gasteiger partial charge in [-0.15, -0.1) is 11.3 Å². The van der Waals surface area contributed by atoms with Gasteiger partial charge in [-0.2, -0.15) is 23.5 Å².